The van der Waals surface area contributed by atoms with Crippen LogP contribution in [0.3, 0.4) is 0 Å². The van der Waals surface area contributed by atoms with Crippen LogP contribution in [0.4, 0.5) is 0 Å². The minimum Gasteiger partial charge on any atom is -0.491 e. The molecular weight excluding hydrogens is 452 g/mol. The van der Waals surface area contributed by atoms with Gasteiger partial charge in [0, 0.05) is 25.6 Å². The van der Waals surface area contributed by atoms with Crippen molar-refractivity contribution in [1.82, 2.24) is 10.6 Å². The molecule has 2 atom stereocenters. The average Bonchev–Trinajstić information content (AvgIpc) is 2.87. The molecule has 0 fully saturated rings. The van der Waals surface area contributed by atoms with Crippen LogP contribution in [0.25, 0.3) is 0 Å². The number of rotatable bonds is 12. The summed E-state index contributed by atoms with van der Waals surface area (Å²) in [6, 6.07) is 15.6. The zero-order valence-corrected chi connectivity index (χ0v) is 21.1. The Morgan fingerprint density at radius 2 is 1.63 bits per heavy atom. The molecule has 5 N–H and O–H groups in total. The van der Waals surface area contributed by atoms with Gasteiger partial charge < -0.3 is 25.6 Å². The van der Waals surface area contributed by atoms with Crippen LogP contribution in [-0.2, 0) is 16.1 Å². The predicted molar refractivity (Wildman–Crippen MR) is 135 cm³/mol. The fourth-order valence-electron chi connectivity index (χ4n) is 2.91. The summed E-state index contributed by atoms with van der Waals surface area (Å²) in [4.78, 5) is 26.7. The Bertz CT molecular complexity index is 801. The summed E-state index contributed by atoms with van der Waals surface area (Å²) in [6.07, 6.45) is 0.653. The Hall–Kier alpha value is -2.98. The average molecular weight is 493 g/mol. The normalized spacial score (nSPS) is 11.5. The third kappa shape index (κ3) is 14.8. The summed E-state index contributed by atoms with van der Waals surface area (Å²) in [5.41, 5.74) is 1.56. The maximum absolute atomic E-state index is 12.5. The first-order valence-electron chi connectivity index (χ1n) is 11.7. The van der Waals surface area contributed by atoms with E-state index in [1.54, 1.807) is 24.3 Å². The van der Waals surface area contributed by atoms with E-state index >= 15 is 0 Å². The molecule has 196 valence electrons. The van der Waals surface area contributed by atoms with Crippen LogP contribution < -0.4 is 15.4 Å². The second-order valence-electron chi connectivity index (χ2n) is 7.25. The van der Waals surface area contributed by atoms with Gasteiger partial charge in [-0.05, 0) is 49.1 Å². The molecule has 9 nitrogen and oxygen atoms in total. The molecule has 0 spiro atoms. The van der Waals surface area contributed by atoms with E-state index in [0.717, 1.165) is 12.0 Å². The molecule has 2 unspecified atom stereocenters. The third-order valence-electron chi connectivity index (χ3n) is 4.62. The van der Waals surface area contributed by atoms with Crippen LogP contribution in [0.5, 0.6) is 5.75 Å². The minimum absolute atomic E-state index is 0.0305. The van der Waals surface area contributed by atoms with Crippen LogP contribution in [0.15, 0.2) is 54.6 Å². The van der Waals surface area contributed by atoms with Crippen LogP contribution >= 0.6 is 0 Å². The monoisotopic (exact) mass is 492 g/mol. The molecular formula is C26H40N2O7. The van der Waals surface area contributed by atoms with Gasteiger partial charge in [-0.15, -0.1) is 0 Å². The smallest absolute Gasteiger partial charge is 0.251 e. The molecule has 35 heavy (non-hydrogen) atoms. The van der Waals surface area contributed by atoms with Gasteiger partial charge in [0.1, 0.15) is 12.4 Å². The van der Waals surface area contributed by atoms with Crippen molar-refractivity contribution in [2.75, 3.05) is 26.9 Å². The van der Waals surface area contributed by atoms with E-state index in [9.17, 15) is 14.7 Å². The van der Waals surface area contributed by atoms with Gasteiger partial charge in [-0.1, -0.05) is 44.2 Å². The molecule has 0 aliphatic carbocycles. The number of hydrogen-bond acceptors (Lipinski definition) is 7. The molecule has 0 aliphatic heterocycles. The third-order valence-corrected chi connectivity index (χ3v) is 4.62. The molecule has 0 saturated heterocycles. The van der Waals surface area contributed by atoms with Crippen LogP contribution in [0.1, 0.15) is 49.5 Å². The lowest BCUT2D eigenvalue weighted by molar-refractivity contribution is -0.214. The predicted octanol–water partition coefficient (Wildman–Crippen LogP) is 2.81. The van der Waals surface area contributed by atoms with Gasteiger partial charge in [-0.3, -0.25) is 14.8 Å². The summed E-state index contributed by atoms with van der Waals surface area (Å²) >= 11 is 0. The highest BCUT2D eigenvalue weighted by atomic mass is 17.1. The summed E-state index contributed by atoms with van der Waals surface area (Å²) in [5.74, 6) is 0.269. The van der Waals surface area contributed by atoms with Crippen molar-refractivity contribution < 1.29 is 34.7 Å². The zero-order valence-electron chi connectivity index (χ0n) is 21.1. The molecule has 0 radical (unpaired) electrons. The maximum Gasteiger partial charge on any atom is 0.251 e. The van der Waals surface area contributed by atoms with Crippen LogP contribution in [0.2, 0.25) is 0 Å². The largest absolute Gasteiger partial charge is 0.491 e. The highest BCUT2D eigenvalue weighted by Gasteiger charge is 2.22. The van der Waals surface area contributed by atoms with Gasteiger partial charge in [0.2, 0.25) is 5.91 Å². The van der Waals surface area contributed by atoms with Crippen molar-refractivity contribution in [3.05, 3.63) is 65.7 Å². The Kier molecular flexibility index (Phi) is 18.7. The minimum atomic E-state index is -0.846. The Morgan fingerprint density at radius 3 is 2.17 bits per heavy atom. The zero-order chi connectivity index (χ0) is 26.5. The number of nitrogens with one attached hydrogen (secondary N) is 2. The lowest BCUT2D eigenvalue weighted by Gasteiger charge is -2.24. The van der Waals surface area contributed by atoms with Crippen molar-refractivity contribution in [3.63, 3.8) is 0 Å². The number of aliphatic hydroxyl groups is 2. The molecule has 9 heteroatoms. The van der Waals surface area contributed by atoms with Crippen LogP contribution in [-0.4, -0.2) is 66.3 Å². The van der Waals surface area contributed by atoms with Crippen LogP contribution in [0, 0.1) is 0 Å². The quantitative estimate of drug-likeness (QED) is 0.227. The first kappa shape index (κ1) is 32.0. The molecule has 0 aromatic heterocycles. The van der Waals surface area contributed by atoms with Crippen molar-refractivity contribution in [2.45, 2.75) is 52.2 Å². The second-order valence-corrected chi connectivity index (χ2v) is 7.25. The van der Waals surface area contributed by atoms with Crippen molar-refractivity contribution in [3.8, 4) is 5.75 Å². The Morgan fingerprint density at radius 1 is 1.03 bits per heavy atom. The van der Waals surface area contributed by atoms with Gasteiger partial charge in [0.05, 0.1) is 19.3 Å². The van der Waals surface area contributed by atoms with E-state index < -0.39 is 12.1 Å². The van der Waals surface area contributed by atoms with E-state index in [4.69, 9.17) is 15.1 Å². The van der Waals surface area contributed by atoms with Gasteiger partial charge in [-0.25, -0.2) is 4.89 Å². The van der Waals surface area contributed by atoms with E-state index in [1.807, 2.05) is 44.2 Å². The second kappa shape index (κ2) is 20.4. The first-order chi connectivity index (χ1) is 16.9. The Labute approximate surface area is 208 Å². The van der Waals surface area contributed by atoms with Gasteiger partial charge in [0.25, 0.3) is 5.91 Å². The highest BCUT2D eigenvalue weighted by molar-refractivity contribution is 5.94. The number of carbonyl (C=O) groups excluding carboxylic acids is 2. The fraction of sp³-hybridized carbons (Fsp3) is 0.462. The van der Waals surface area contributed by atoms with E-state index in [2.05, 4.69) is 15.5 Å². The molecule has 0 aliphatic rings. The molecule has 0 bridgehead atoms. The van der Waals surface area contributed by atoms with E-state index in [1.165, 1.54) is 14.0 Å². The molecule has 2 amide bonds. The fourth-order valence-corrected chi connectivity index (χ4v) is 2.91. The maximum atomic E-state index is 12.5. The van der Waals surface area contributed by atoms with Gasteiger partial charge in [0.15, 0.2) is 0 Å². The lowest BCUT2D eigenvalue weighted by atomic mass is 10.1. The Balaban J connectivity index is 0.00000214. The van der Waals surface area contributed by atoms with Gasteiger partial charge >= 0.3 is 0 Å². The summed E-state index contributed by atoms with van der Waals surface area (Å²) in [7, 11) is 1.18. The summed E-state index contributed by atoms with van der Waals surface area (Å²) in [5, 5.41) is 32.1. The highest BCUT2D eigenvalue weighted by Crippen LogP contribution is 2.14. The molecule has 2 rings (SSSR count). The number of benzene rings is 2. The van der Waals surface area contributed by atoms with Crippen molar-refractivity contribution in [2.24, 2.45) is 0 Å². The van der Waals surface area contributed by atoms with Crippen molar-refractivity contribution >= 4 is 11.8 Å². The van der Waals surface area contributed by atoms with Crippen molar-refractivity contribution in [1.29, 1.82) is 0 Å². The first-order valence-corrected chi connectivity index (χ1v) is 11.7. The standard InChI is InChI=1S/C23H30N2O5.C2H6.CH4O2/c1-17(27)24-14-13-18-9-11-20(12-10-18)30-16-21(22(28)8-5-15-26)25-23(29)19-6-3-2-4-7-19;1-2;1-3-2/h2-4,6-7,9-12,21-22,26,28H,5,8,13-16H2,1H3,(H,24,27)(H,25,29);1-2H3;2H,1H3. The van der Waals surface area contributed by atoms with E-state index in [0.29, 0.717) is 30.7 Å². The lowest BCUT2D eigenvalue weighted by Crippen LogP contribution is -2.47. The van der Waals surface area contributed by atoms with E-state index in [-0.39, 0.29) is 25.0 Å². The number of aliphatic hydroxyl groups excluding tert-OH is 2. The number of ether oxygens (including phenoxy) is 1. The number of carbonyl (C=O) groups is 2. The topological polar surface area (TPSA) is 137 Å². The number of hydrogen-bond donors (Lipinski definition) is 5. The van der Waals surface area contributed by atoms with Gasteiger partial charge in [-0.2, -0.15) is 0 Å². The summed E-state index contributed by atoms with van der Waals surface area (Å²) < 4.78 is 5.80. The molecule has 0 saturated carbocycles. The molecule has 2 aromatic rings. The molecule has 0 heterocycles. The summed E-state index contributed by atoms with van der Waals surface area (Å²) in [6.45, 7) is 6.12. The molecule has 2 aromatic carbocycles. The SMILES string of the molecule is CC.CC(=O)NCCc1ccc(OCC(NC(=O)c2ccccc2)C(O)CCCO)cc1.COO. The number of amides is 2.